The molecular formula is C37H34N2O5S2. The molecule has 0 spiro atoms. The van der Waals surface area contributed by atoms with Crippen molar-refractivity contribution >= 4 is 45.9 Å². The maximum absolute atomic E-state index is 14.1. The van der Waals surface area contributed by atoms with E-state index in [9.17, 15) is 9.59 Å². The van der Waals surface area contributed by atoms with Crippen molar-refractivity contribution in [2.24, 2.45) is 4.99 Å². The van der Waals surface area contributed by atoms with E-state index in [-0.39, 0.29) is 11.7 Å². The number of hydrogen-bond acceptors (Lipinski definition) is 8. The molecular weight excluding hydrogens is 617 g/mol. The number of thiazole rings is 1. The zero-order chi connectivity index (χ0) is 32.4. The first kappa shape index (κ1) is 31.4. The lowest BCUT2D eigenvalue weighted by atomic mass is 9.96. The van der Waals surface area contributed by atoms with E-state index in [0.29, 0.717) is 38.7 Å². The second-order valence-electron chi connectivity index (χ2n) is 11.1. The Bertz CT molecular complexity index is 2140. The maximum Gasteiger partial charge on any atom is 0.338 e. The van der Waals surface area contributed by atoms with Gasteiger partial charge in [0.2, 0.25) is 0 Å². The van der Waals surface area contributed by atoms with Crippen molar-refractivity contribution in [3.05, 3.63) is 133 Å². The molecule has 1 aliphatic rings. The Morgan fingerprint density at radius 2 is 1.78 bits per heavy atom. The number of benzene rings is 4. The van der Waals surface area contributed by atoms with Crippen LogP contribution in [0.4, 0.5) is 0 Å². The van der Waals surface area contributed by atoms with Gasteiger partial charge in [0.15, 0.2) is 16.3 Å². The highest BCUT2D eigenvalue weighted by Gasteiger charge is 2.33. The fraction of sp³-hybridized carbons (Fsp3) is 0.216. The molecule has 1 aliphatic heterocycles. The summed E-state index contributed by atoms with van der Waals surface area (Å²) in [4.78, 5) is 33.7. The monoisotopic (exact) mass is 650 g/mol. The average molecular weight is 651 g/mol. The van der Waals surface area contributed by atoms with Crippen LogP contribution in [0.5, 0.6) is 11.5 Å². The van der Waals surface area contributed by atoms with Crippen molar-refractivity contribution in [1.82, 2.24) is 4.57 Å². The van der Waals surface area contributed by atoms with E-state index in [1.165, 1.54) is 11.3 Å². The summed E-state index contributed by atoms with van der Waals surface area (Å²) < 4.78 is 19.6. The fourth-order valence-corrected chi connectivity index (χ4v) is 7.04. The summed E-state index contributed by atoms with van der Waals surface area (Å²) in [6.45, 7) is 5.78. The minimum absolute atomic E-state index is 0.236. The van der Waals surface area contributed by atoms with Gasteiger partial charge in [-0.2, -0.15) is 0 Å². The first-order valence-electron chi connectivity index (χ1n) is 14.9. The van der Waals surface area contributed by atoms with Gasteiger partial charge in [-0.15, -0.1) is 11.8 Å². The van der Waals surface area contributed by atoms with E-state index in [1.54, 1.807) is 44.2 Å². The lowest BCUT2D eigenvalue weighted by molar-refractivity contribution is -0.143. The second-order valence-corrected chi connectivity index (χ2v) is 13.0. The van der Waals surface area contributed by atoms with Crippen LogP contribution in [0.3, 0.4) is 0 Å². The van der Waals surface area contributed by atoms with E-state index < -0.39 is 12.0 Å². The summed E-state index contributed by atoms with van der Waals surface area (Å²) in [7, 11) is 1.60. The molecule has 1 aromatic heterocycles. The highest BCUT2D eigenvalue weighted by atomic mass is 32.2. The number of esters is 1. The Morgan fingerprint density at radius 1 is 1.02 bits per heavy atom. The van der Waals surface area contributed by atoms with E-state index >= 15 is 0 Å². The predicted octanol–water partition coefficient (Wildman–Crippen LogP) is 6.65. The quantitative estimate of drug-likeness (QED) is 0.131. The van der Waals surface area contributed by atoms with Gasteiger partial charge < -0.3 is 14.2 Å². The van der Waals surface area contributed by atoms with Crippen molar-refractivity contribution in [2.45, 2.75) is 44.4 Å². The zero-order valence-electron chi connectivity index (χ0n) is 26.3. The zero-order valence-corrected chi connectivity index (χ0v) is 27.9. The van der Waals surface area contributed by atoms with E-state index in [0.717, 1.165) is 32.4 Å². The number of carbonyl (C=O) groups excluding carboxylic acids is 1. The first-order chi connectivity index (χ1) is 22.3. The van der Waals surface area contributed by atoms with Crippen LogP contribution in [0.2, 0.25) is 0 Å². The molecule has 6 rings (SSSR count). The van der Waals surface area contributed by atoms with Crippen LogP contribution in [0.25, 0.3) is 16.8 Å². The van der Waals surface area contributed by atoms with Gasteiger partial charge in [0, 0.05) is 4.90 Å². The van der Waals surface area contributed by atoms with E-state index in [1.807, 2.05) is 73.0 Å². The van der Waals surface area contributed by atoms with Gasteiger partial charge >= 0.3 is 5.97 Å². The molecule has 0 bridgehead atoms. The fourth-order valence-electron chi connectivity index (χ4n) is 5.58. The molecule has 1 atom stereocenters. The molecule has 234 valence electrons. The van der Waals surface area contributed by atoms with Crippen LogP contribution in [-0.2, 0) is 16.1 Å². The Kier molecular flexibility index (Phi) is 9.15. The summed E-state index contributed by atoms with van der Waals surface area (Å²) in [5.41, 5.74) is 3.32. The number of nitrogens with zero attached hydrogens (tertiary/aromatic N) is 2. The highest BCUT2D eigenvalue weighted by Crippen LogP contribution is 2.33. The molecule has 0 unspecified atom stereocenters. The summed E-state index contributed by atoms with van der Waals surface area (Å²) in [6.07, 6.45) is 3.51. The first-order valence-corrected chi connectivity index (χ1v) is 17.0. The molecule has 0 aliphatic carbocycles. The van der Waals surface area contributed by atoms with Crippen LogP contribution in [0.1, 0.15) is 43.5 Å². The number of aromatic nitrogens is 1. The summed E-state index contributed by atoms with van der Waals surface area (Å²) in [5, 5.41) is 2.30. The molecule has 5 aromatic rings. The molecule has 46 heavy (non-hydrogen) atoms. The molecule has 2 heterocycles. The topological polar surface area (TPSA) is 79.1 Å². The van der Waals surface area contributed by atoms with Gasteiger partial charge in [-0.1, -0.05) is 72.0 Å². The number of rotatable bonds is 9. The third kappa shape index (κ3) is 6.25. The number of thioether (sulfide) groups is 1. The number of hydrogen-bond donors (Lipinski definition) is 0. The Hall–Kier alpha value is -4.60. The molecule has 7 nitrogen and oxygen atoms in total. The predicted molar refractivity (Wildman–Crippen MR) is 184 cm³/mol. The molecule has 0 saturated heterocycles. The Labute approximate surface area is 275 Å². The second kappa shape index (κ2) is 13.4. The minimum Gasteiger partial charge on any atom is -0.493 e. The minimum atomic E-state index is -0.667. The number of allylic oxidation sites excluding steroid dienone is 1. The van der Waals surface area contributed by atoms with Gasteiger partial charge in [0.1, 0.15) is 6.61 Å². The smallest absolute Gasteiger partial charge is 0.338 e. The van der Waals surface area contributed by atoms with Crippen molar-refractivity contribution in [2.75, 3.05) is 13.4 Å². The summed E-state index contributed by atoms with van der Waals surface area (Å²) >= 11 is 2.91. The Balaban J connectivity index is 1.36. The van der Waals surface area contributed by atoms with E-state index in [2.05, 4.69) is 24.3 Å². The van der Waals surface area contributed by atoms with Crippen molar-refractivity contribution in [3.63, 3.8) is 0 Å². The van der Waals surface area contributed by atoms with E-state index in [4.69, 9.17) is 19.2 Å². The van der Waals surface area contributed by atoms with Gasteiger partial charge in [-0.3, -0.25) is 9.36 Å². The van der Waals surface area contributed by atoms with Crippen molar-refractivity contribution in [3.8, 4) is 11.5 Å². The van der Waals surface area contributed by atoms with Gasteiger partial charge in [0.25, 0.3) is 5.56 Å². The van der Waals surface area contributed by atoms with Crippen molar-refractivity contribution in [1.29, 1.82) is 0 Å². The van der Waals surface area contributed by atoms with Gasteiger partial charge in [-0.05, 0) is 84.8 Å². The lowest BCUT2D eigenvalue weighted by Gasteiger charge is -2.25. The van der Waals surface area contributed by atoms with Crippen LogP contribution in [0.15, 0.2) is 111 Å². The SMILES string of the molecule is COc1cc(/C=c2\sc3n(c2=O)[C@@H](c2ccc(SC)cc2)C(C(=O)OC(C)C)=C(C)N=3)ccc1OCc1cccc2ccccc12. The number of ether oxygens (including phenoxy) is 3. The Morgan fingerprint density at radius 3 is 2.52 bits per heavy atom. The third-order valence-electron chi connectivity index (χ3n) is 7.76. The van der Waals surface area contributed by atoms with Crippen LogP contribution in [0, 0.1) is 0 Å². The molecule has 0 radical (unpaired) electrons. The summed E-state index contributed by atoms with van der Waals surface area (Å²) in [6, 6.07) is 27.2. The van der Waals surface area contributed by atoms with Gasteiger partial charge in [-0.25, -0.2) is 9.79 Å². The number of carbonyl (C=O) groups is 1. The van der Waals surface area contributed by atoms with Crippen LogP contribution >= 0.6 is 23.1 Å². The van der Waals surface area contributed by atoms with Crippen LogP contribution in [-0.4, -0.2) is 30.0 Å². The highest BCUT2D eigenvalue weighted by molar-refractivity contribution is 7.98. The largest absolute Gasteiger partial charge is 0.493 e. The maximum atomic E-state index is 14.1. The molecule has 0 amide bonds. The number of methoxy groups -OCH3 is 1. The molecule has 0 saturated carbocycles. The normalized spacial score (nSPS) is 14.7. The van der Waals surface area contributed by atoms with Crippen molar-refractivity contribution < 1.29 is 19.0 Å². The van der Waals surface area contributed by atoms with Gasteiger partial charge in [0.05, 0.1) is 35.1 Å². The average Bonchev–Trinajstić information content (AvgIpc) is 3.36. The lowest BCUT2D eigenvalue weighted by Crippen LogP contribution is -2.40. The molecule has 9 heteroatoms. The molecule has 0 N–H and O–H groups in total. The number of fused-ring (bicyclic) bond motifs is 2. The third-order valence-corrected chi connectivity index (χ3v) is 9.49. The van der Waals surface area contributed by atoms with Crippen LogP contribution < -0.4 is 24.4 Å². The molecule has 4 aromatic carbocycles. The molecule has 0 fully saturated rings. The summed E-state index contributed by atoms with van der Waals surface area (Å²) in [5.74, 6) is 0.683. The standard InChI is InChI=1S/C37H34N2O5S2/c1-22(2)44-36(41)33-23(3)38-37-39(34(33)26-14-16-28(45-5)17-15-26)35(40)32(46-37)20-24-13-18-30(31(19-24)42-4)43-21-27-11-8-10-25-9-6-7-12-29(25)27/h6-20,22,34H,21H2,1-5H3/b32-20-/t34-/m0/s1.